The van der Waals surface area contributed by atoms with Gasteiger partial charge in [0.1, 0.15) is 18.1 Å². The molecular weight excluding hydrogens is 424 g/mol. The number of hydrogen-bond acceptors (Lipinski definition) is 6. The monoisotopic (exact) mass is 458 g/mol. The van der Waals surface area contributed by atoms with Gasteiger partial charge in [-0.1, -0.05) is 38.1 Å². The average Bonchev–Trinajstić information content (AvgIpc) is 2.79. The van der Waals surface area contributed by atoms with E-state index in [9.17, 15) is 0 Å². The number of carbonyl (C=O) groups is 2. The zero-order chi connectivity index (χ0) is 24.4. The molecule has 2 aromatic rings. The maximum absolute atomic E-state index is 9.10. The van der Waals surface area contributed by atoms with Gasteiger partial charge in [-0.2, -0.15) is 0 Å². The van der Waals surface area contributed by atoms with Gasteiger partial charge in [0.25, 0.3) is 0 Å². The molecule has 1 aliphatic rings. The van der Waals surface area contributed by atoms with Gasteiger partial charge in [0.2, 0.25) is 0 Å². The minimum Gasteiger partial charge on any atom is -0.495 e. The van der Waals surface area contributed by atoms with Crippen LogP contribution in [0, 0.1) is 6.92 Å². The second-order valence-corrected chi connectivity index (χ2v) is 8.16. The molecule has 8 nitrogen and oxygen atoms in total. The van der Waals surface area contributed by atoms with E-state index in [1.807, 2.05) is 12.1 Å². The van der Waals surface area contributed by atoms with Gasteiger partial charge in [0.15, 0.2) is 0 Å². The lowest BCUT2D eigenvalue weighted by Gasteiger charge is -2.36. The lowest BCUT2D eigenvalue weighted by atomic mass is 10.0. The topological polar surface area (TPSA) is 99.5 Å². The fraction of sp³-hybridized carbons (Fsp3) is 0.440. The van der Waals surface area contributed by atoms with Crippen molar-refractivity contribution in [3.63, 3.8) is 0 Å². The Balaban J connectivity index is 0.000000569. The molecule has 1 aliphatic heterocycles. The van der Waals surface area contributed by atoms with E-state index in [4.69, 9.17) is 29.3 Å². The lowest BCUT2D eigenvalue weighted by molar-refractivity contribution is -0.159. The fourth-order valence-electron chi connectivity index (χ4n) is 3.63. The Bertz CT molecular complexity index is 911. The molecule has 0 aliphatic carbocycles. The zero-order valence-electron chi connectivity index (χ0n) is 19.8. The molecule has 180 valence electrons. The molecular formula is C25H34N2O6. The molecule has 1 fully saturated rings. The summed E-state index contributed by atoms with van der Waals surface area (Å²) in [6.07, 6.45) is 0. The van der Waals surface area contributed by atoms with Crippen molar-refractivity contribution >= 4 is 17.6 Å². The second kappa shape index (κ2) is 12.7. The number of anilines is 1. The van der Waals surface area contributed by atoms with Gasteiger partial charge in [-0.05, 0) is 42.2 Å². The van der Waals surface area contributed by atoms with Gasteiger partial charge < -0.3 is 24.6 Å². The highest BCUT2D eigenvalue weighted by molar-refractivity contribution is 6.27. The number of benzene rings is 2. The number of piperazine rings is 1. The number of methoxy groups -OCH3 is 1. The van der Waals surface area contributed by atoms with E-state index < -0.39 is 11.9 Å². The quantitative estimate of drug-likeness (QED) is 0.609. The molecule has 0 amide bonds. The van der Waals surface area contributed by atoms with Crippen LogP contribution in [0.25, 0.3) is 0 Å². The number of para-hydroxylation sites is 2. The van der Waals surface area contributed by atoms with Crippen molar-refractivity contribution in [1.82, 2.24) is 4.90 Å². The Morgan fingerprint density at radius 1 is 0.970 bits per heavy atom. The first kappa shape index (κ1) is 26.0. The normalized spacial score (nSPS) is 13.8. The Kier molecular flexibility index (Phi) is 10.00. The molecule has 0 unspecified atom stereocenters. The van der Waals surface area contributed by atoms with Crippen molar-refractivity contribution in [2.75, 3.05) is 51.3 Å². The van der Waals surface area contributed by atoms with E-state index in [0.29, 0.717) is 5.92 Å². The number of aryl methyl sites for hydroxylation is 1. The molecule has 33 heavy (non-hydrogen) atoms. The third-order valence-electron chi connectivity index (χ3n) is 5.44. The van der Waals surface area contributed by atoms with Crippen LogP contribution < -0.4 is 14.4 Å². The van der Waals surface area contributed by atoms with E-state index >= 15 is 0 Å². The van der Waals surface area contributed by atoms with Crippen LogP contribution in [0.5, 0.6) is 11.5 Å². The van der Waals surface area contributed by atoms with Crippen LogP contribution in [0.15, 0.2) is 42.5 Å². The Morgan fingerprint density at radius 2 is 1.61 bits per heavy atom. The van der Waals surface area contributed by atoms with Crippen LogP contribution in [0.3, 0.4) is 0 Å². The fourth-order valence-corrected chi connectivity index (χ4v) is 3.63. The van der Waals surface area contributed by atoms with Crippen LogP contribution in [0.1, 0.15) is 30.9 Å². The molecule has 3 rings (SSSR count). The van der Waals surface area contributed by atoms with Crippen LogP contribution >= 0.6 is 0 Å². The van der Waals surface area contributed by atoms with Gasteiger partial charge in [-0.25, -0.2) is 9.59 Å². The van der Waals surface area contributed by atoms with Crippen molar-refractivity contribution in [3.8, 4) is 11.5 Å². The van der Waals surface area contributed by atoms with E-state index in [1.165, 1.54) is 16.8 Å². The van der Waals surface area contributed by atoms with E-state index in [-0.39, 0.29) is 0 Å². The van der Waals surface area contributed by atoms with Gasteiger partial charge in [-0.15, -0.1) is 0 Å². The zero-order valence-corrected chi connectivity index (χ0v) is 19.8. The number of nitrogens with zero attached hydrogens (tertiary/aromatic N) is 2. The lowest BCUT2D eigenvalue weighted by Crippen LogP contribution is -2.47. The number of aliphatic carboxylic acids is 2. The highest BCUT2D eigenvalue weighted by Crippen LogP contribution is 2.29. The molecule has 0 saturated carbocycles. The number of carboxylic acid groups (broad SMARTS) is 2. The third kappa shape index (κ3) is 7.98. The van der Waals surface area contributed by atoms with Gasteiger partial charge in [-0.3, -0.25) is 4.90 Å². The molecule has 1 heterocycles. The summed E-state index contributed by atoms with van der Waals surface area (Å²) in [5.74, 6) is -1.18. The van der Waals surface area contributed by atoms with Crippen molar-refractivity contribution in [2.24, 2.45) is 0 Å². The standard InChI is InChI=1S/C23H32N2O2.C2H2O4/c1-18(2)20-10-9-19(3)17-23(20)27-16-15-24-11-13-25(14-12-24)21-7-5-6-8-22(21)26-4;3-1(4)2(5)6/h5-10,17-18H,11-16H2,1-4H3;(H,3,4)(H,5,6). The van der Waals surface area contributed by atoms with Crippen LogP contribution in [0.4, 0.5) is 5.69 Å². The van der Waals surface area contributed by atoms with E-state index in [0.717, 1.165) is 50.8 Å². The van der Waals surface area contributed by atoms with Crippen LogP contribution in [0.2, 0.25) is 0 Å². The smallest absolute Gasteiger partial charge is 0.414 e. The molecule has 0 aromatic heterocycles. The number of ether oxygens (including phenoxy) is 2. The molecule has 1 saturated heterocycles. The van der Waals surface area contributed by atoms with Crippen LogP contribution in [-0.2, 0) is 9.59 Å². The maximum atomic E-state index is 9.10. The summed E-state index contributed by atoms with van der Waals surface area (Å²) in [4.78, 5) is 23.1. The van der Waals surface area contributed by atoms with E-state index in [1.54, 1.807) is 7.11 Å². The highest BCUT2D eigenvalue weighted by Gasteiger charge is 2.19. The Hall–Kier alpha value is -3.26. The largest absolute Gasteiger partial charge is 0.495 e. The molecule has 2 N–H and O–H groups in total. The molecule has 0 spiro atoms. The van der Waals surface area contributed by atoms with E-state index in [2.05, 4.69) is 60.9 Å². The maximum Gasteiger partial charge on any atom is 0.414 e. The first-order valence-electron chi connectivity index (χ1n) is 11.0. The predicted molar refractivity (Wildman–Crippen MR) is 128 cm³/mol. The average molecular weight is 459 g/mol. The van der Waals surface area contributed by atoms with Gasteiger partial charge >= 0.3 is 11.9 Å². The summed E-state index contributed by atoms with van der Waals surface area (Å²) < 4.78 is 11.7. The molecule has 2 aromatic carbocycles. The van der Waals surface area contributed by atoms with Gasteiger partial charge in [0.05, 0.1) is 12.8 Å². The number of hydrogen-bond donors (Lipinski definition) is 2. The first-order chi connectivity index (χ1) is 15.7. The highest BCUT2D eigenvalue weighted by atomic mass is 16.5. The van der Waals surface area contributed by atoms with Crippen molar-refractivity contribution in [3.05, 3.63) is 53.6 Å². The Labute approximate surface area is 195 Å². The van der Waals surface area contributed by atoms with Crippen molar-refractivity contribution < 1.29 is 29.3 Å². The second-order valence-electron chi connectivity index (χ2n) is 8.16. The summed E-state index contributed by atoms with van der Waals surface area (Å²) in [6, 6.07) is 14.8. The summed E-state index contributed by atoms with van der Waals surface area (Å²) in [5, 5.41) is 14.8. The summed E-state index contributed by atoms with van der Waals surface area (Å²) in [7, 11) is 1.74. The summed E-state index contributed by atoms with van der Waals surface area (Å²) in [5.41, 5.74) is 3.73. The minimum atomic E-state index is -1.82. The summed E-state index contributed by atoms with van der Waals surface area (Å²) in [6.45, 7) is 12.4. The molecule has 8 heteroatoms. The third-order valence-corrected chi connectivity index (χ3v) is 5.44. The summed E-state index contributed by atoms with van der Waals surface area (Å²) >= 11 is 0. The van der Waals surface area contributed by atoms with Crippen molar-refractivity contribution in [2.45, 2.75) is 26.7 Å². The predicted octanol–water partition coefficient (Wildman–Crippen LogP) is 3.48. The van der Waals surface area contributed by atoms with Gasteiger partial charge in [0, 0.05) is 32.7 Å². The van der Waals surface area contributed by atoms with Crippen molar-refractivity contribution in [1.29, 1.82) is 0 Å². The Morgan fingerprint density at radius 3 is 2.18 bits per heavy atom. The number of rotatable bonds is 7. The minimum absolute atomic E-state index is 0.477. The molecule has 0 radical (unpaired) electrons. The van der Waals surface area contributed by atoms with Crippen LogP contribution in [-0.4, -0.2) is 73.5 Å². The first-order valence-corrected chi connectivity index (χ1v) is 11.0. The molecule has 0 bridgehead atoms. The SMILES string of the molecule is COc1ccccc1N1CCN(CCOc2cc(C)ccc2C(C)C)CC1.O=C(O)C(=O)O. The number of carboxylic acids is 2. The molecule has 0 atom stereocenters.